The van der Waals surface area contributed by atoms with E-state index in [1.165, 1.54) is 0 Å². The van der Waals surface area contributed by atoms with Crippen molar-refractivity contribution in [3.63, 3.8) is 0 Å². The second kappa shape index (κ2) is 9.01. The van der Waals surface area contributed by atoms with Gasteiger partial charge in [0.15, 0.2) is 5.96 Å². The minimum atomic E-state index is 0.739. The summed E-state index contributed by atoms with van der Waals surface area (Å²) < 4.78 is 5.31. The van der Waals surface area contributed by atoms with Gasteiger partial charge in [0.2, 0.25) is 0 Å². The normalized spacial score (nSPS) is 17.8. The van der Waals surface area contributed by atoms with Crippen molar-refractivity contribution < 1.29 is 4.74 Å². The second-order valence-corrected chi connectivity index (χ2v) is 3.88. The van der Waals surface area contributed by atoms with Crippen LogP contribution in [0.5, 0.6) is 0 Å². The van der Waals surface area contributed by atoms with Crippen molar-refractivity contribution in [2.24, 2.45) is 4.99 Å². The fraction of sp³-hybridized carbons (Fsp3) is 0.750. The fourth-order valence-electron chi connectivity index (χ4n) is 1.64. The lowest BCUT2D eigenvalue weighted by Gasteiger charge is -2.25. The van der Waals surface area contributed by atoms with E-state index >= 15 is 0 Å². The van der Waals surface area contributed by atoms with Gasteiger partial charge in [-0.3, -0.25) is 9.89 Å². The van der Waals surface area contributed by atoms with E-state index in [1.54, 1.807) is 0 Å². The van der Waals surface area contributed by atoms with Gasteiger partial charge < -0.3 is 15.4 Å². The van der Waals surface area contributed by atoms with E-state index in [2.05, 4.69) is 34.0 Å². The minimum absolute atomic E-state index is 0.739. The molecule has 0 radical (unpaired) electrons. The molecule has 0 bridgehead atoms. The highest BCUT2D eigenvalue weighted by molar-refractivity contribution is 5.79. The molecule has 98 valence electrons. The number of aliphatic imine (C=N–C) groups is 1. The molecule has 17 heavy (non-hydrogen) atoms. The first-order valence-corrected chi connectivity index (χ1v) is 6.30. The van der Waals surface area contributed by atoms with Crippen molar-refractivity contribution in [1.82, 2.24) is 15.5 Å². The highest BCUT2D eigenvalue weighted by Gasteiger charge is 2.08. The number of hydrogen-bond acceptors (Lipinski definition) is 3. The van der Waals surface area contributed by atoms with Crippen LogP contribution in [0.4, 0.5) is 0 Å². The number of morpholine rings is 1. The first-order chi connectivity index (χ1) is 8.36. The van der Waals surface area contributed by atoms with Crippen molar-refractivity contribution in [2.45, 2.75) is 6.92 Å². The Bertz CT molecular complexity index is 237. The van der Waals surface area contributed by atoms with Gasteiger partial charge in [-0.2, -0.15) is 0 Å². The molecule has 1 rings (SSSR count). The molecular formula is C12H24N4O. The van der Waals surface area contributed by atoms with Crippen LogP contribution in [-0.4, -0.2) is 63.3 Å². The Balaban J connectivity index is 2.23. The van der Waals surface area contributed by atoms with Gasteiger partial charge in [-0.15, -0.1) is 6.58 Å². The predicted molar refractivity (Wildman–Crippen MR) is 71.4 cm³/mol. The molecule has 0 aliphatic carbocycles. The van der Waals surface area contributed by atoms with Crippen LogP contribution in [0.2, 0.25) is 0 Å². The van der Waals surface area contributed by atoms with Crippen molar-refractivity contribution >= 4 is 5.96 Å². The van der Waals surface area contributed by atoms with Gasteiger partial charge in [0.25, 0.3) is 0 Å². The van der Waals surface area contributed by atoms with Crippen LogP contribution in [0, 0.1) is 0 Å². The standard InChI is InChI=1S/C12H24N4O/c1-3-5-14-12(13-4-2)15-6-7-16-8-10-17-11-9-16/h3H,1,4-11H2,2H3,(H2,13,14,15). The predicted octanol–water partition coefficient (Wildman–Crippen LogP) is 0.0597. The maximum absolute atomic E-state index is 5.31. The van der Waals surface area contributed by atoms with Crippen LogP contribution in [0.3, 0.4) is 0 Å². The number of hydrogen-bond donors (Lipinski definition) is 2. The van der Waals surface area contributed by atoms with Gasteiger partial charge in [-0.25, -0.2) is 0 Å². The fourth-order valence-corrected chi connectivity index (χ4v) is 1.64. The Labute approximate surface area is 104 Å². The molecule has 1 fully saturated rings. The van der Waals surface area contributed by atoms with Gasteiger partial charge in [-0.1, -0.05) is 6.08 Å². The molecule has 0 atom stereocenters. The zero-order valence-electron chi connectivity index (χ0n) is 10.7. The smallest absolute Gasteiger partial charge is 0.191 e. The molecule has 5 nitrogen and oxygen atoms in total. The average Bonchev–Trinajstić information content (AvgIpc) is 2.37. The molecule has 0 aromatic heterocycles. The highest BCUT2D eigenvalue weighted by Crippen LogP contribution is 1.95. The van der Waals surface area contributed by atoms with Crippen molar-refractivity contribution in [3.05, 3.63) is 12.7 Å². The van der Waals surface area contributed by atoms with Gasteiger partial charge in [-0.05, 0) is 6.92 Å². The molecule has 1 saturated heterocycles. The van der Waals surface area contributed by atoms with E-state index in [-0.39, 0.29) is 0 Å². The molecule has 1 aliphatic rings. The third kappa shape index (κ3) is 6.28. The topological polar surface area (TPSA) is 48.9 Å². The maximum Gasteiger partial charge on any atom is 0.191 e. The Morgan fingerprint density at radius 3 is 2.82 bits per heavy atom. The summed E-state index contributed by atoms with van der Waals surface area (Å²) >= 11 is 0. The van der Waals surface area contributed by atoms with E-state index in [0.29, 0.717) is 0 Å². The number of guanidine groups is 1. The Kier molecular flexibility index (Phi) is 7.42. The molecule has 1 heterocycles. The minimum Gasteiger partial charge on any atom is -0.379 e. The van der Waals surface area contributed by atoms with E-state index in [1.807, 2.05) is 6.08 Å². The summed E-state index contributed by atoms with van der Waals surface area (Å²) in [7, 11) is 0. The zero-order chi connectivity index (χ0) is 12.3. The summed E-state index contributed by atoms with van der Waals surface area (Å²) in [5.41, 5.74) is 0. The molecule has 5 heteroatoms. The average molecular weight is 240 g/mol. The number of nitrogens with zero attached hydrogens (tertiary/aromatic N) is 2. The summed E-state index contributed by atoms with van der Waals surface area (Å²) in [5.74, 6) is 0.862. The summed E-state index contributed by atoms with van der Waals surface area (Å²) in [4.78, 5) is 6.89. The Morgan fingerprint density at radius 1 is 1.41 bits per heavy atom. The van der Waals surface area contributed by atoms with E-state index in [0.717, 1.165) is 58.4 Å². The van der Waals surface area contributed by atoms with E-state index in [4.69, 9.17) is 4.74 Å². The van der Waals surface area contributed by atoms with Gasteiger partial charge in [0.1, 0.15) is 0 Å². The summed E-state index contributed by atoms with van der Waals surface area (Å²) in [6.45, 7) is 12.9. The summed E-state index contributed by atoms with van der Waals surface area (Å²) in [5, 5.41) is 6.39. The van der Waals surface area contributed by atoms with Crippen LogP contribution in [0.15, 0.2) is 17.6 Å². The molecule has 0 spiro atoms. The van der Waals surface area contributed by atoms with Crippen LogP contribution >= 0.6 is 0 Å². The highest BCUT2D eigenvalue weighted by atomic mass is 16.5. The Hall–Kier alpha value is -1.07. The first-order valence-electron chi connectivity index (χ1n) is 6.30. The lowest BCUT2D eigenvalue weighted by atomic mass is 10.4. The van der Waals surface area contributed by atoms with Gasteiger partial charge in [0, 0.05) is 32.7 Å². The Morgan fingerprint density at radius 2 is 2.18 bits per heavy atom. The summed E-state index contributed by atoms with van der Waals surface area (Å²) in [6.07, 6.45) is 1.83. The van der Waals surface area contributed by atoms with Crippen LogP contribution < -0.4 is 10.6 Å². The van der Waals surface area contributed by atoms with Crippen molar-refractivity contribution in [1.29, 1.82) is 0 Å². The molecule has 0 aromatic rings. The molecule has 2 N–H and O–H groups in total. The second-order valence-electron chi connectivity index (χ2n) is 3.88. The SMILES string of the molecule is C=CCNC(=NCCN1CCOCC1)NCC. The van der Waals surface area contributed by atoms with E-state index in [9.17, 15) is 0 Å². The number of ether oxygens (including phenoxy) is 1. The first kappa shape index (κ1) is 14.0. The number of rotatable bonds is 6. The van der Waals surface area contributed by atoms with Crippen molar-refractivity contribution in [2.75, 3.05) is 52.5 Å². The monoisotopic (exact) mass is 240 g/mol. The van der Waals surface area contributed by atoms with Gasteiger partial charge >= 0.3 is 0 Å². The van der Waals surface area contributed by atoms with Crippen molar-refractivity contribution in [3.8, 4) is 0 Å². The molecule has 0 amide bonds. The van der Waals surface area contributed by atoms with Crippen LogP contribution in [-0.2, 0) is 4.74 Å². The lowest BCUT2D eigenvalue weighted by molar-refractivity contribution is 0.0394. The van der Waals surface area contributed by atoms with Crippen LogP contribution in [0.25, 0.3) is 0 Å². The molecule has 0 unspecified atom stereocenters. The maximum atomic E-state index is 5.31. The molecule has 0 aromatic carbocycles. The summed E-state index contributed by atoms with van der Waals surface area (Å²) in [6, 6.07) is 0. The third-order valence-corrected chi connectivity index (χ3v) is 2.55. The molecule has 0 saturated carbocycles. The quantitative estimate of drug-likeness (QED) is 0.391. The molecule has 1 aliphatic heterocycles. The third-order valence-electron chi connectivity index (χ3n) is 2.55. The van der Waals surface area contributed by atoms with Gasteiger partial charge in [0.05, 0.1) is 19.8 Å². The zero-order valence-corrected chi connectivity index (χ0v) is 10.7. The number of nitrogens with one attached hydrogen (secondary N) is 2. The molecular weight excluding hydrogens is 216 g/mol. The van der Waals surface area contributed by atoms with E-state index < -0.39 is 0 Å². The van der Waals surface area contributed by atoms with Crippen LogP contribution in [0.1, 0.15) is 6.92 Å². The largest absolute Gasteiger partial charge is 0.379 e. The lowest BCUT2D eigenvalue weighted by Crippen LogP contribution is -2.40.